The van der Waals surface area contributed by atoms with Crippen LogP contribution in [0.4, 0.5) is 15.8 Å². The van der Waals surface area contributed by atoms with E-state index >= 15 is 0 Å². The number of rotatable bonds is 5. The molecule has 9 nitrogen and oxygen atoms in total. The molecule has 158 valence electrons. The number of amides is 2. The number of hydrogen-bond acceptors (Lipinski definition) is 6. The predicted octanol–water partition coefficient (Wildman–Crippen LogP) is 2.02. The summed E-state index contributed by atoms with van der Waals surface area (Å²) >= 11 is 0. The number of anilines is 1. The Bertz CT molecular complexity index is 1010. The van der Waals surface area contributed by atoms with Crippen molar-refractivity contribution in [2.75, 3.05) is 19.0 Å². The van der Waals surface area contributed by atoms with Crippen molar-refractivity contribution in [1.82, 2.24) is 5.32 Å². The van der Waals surface area contributed by atoms with Crippen LogP contribution >= 0.6 is 0 Å². The third kappa shape index (κ3) is 4.38. The van der Waals surface area contributed by atoms with Crippen LogP contribution in [0.3, 0.4) is 0 Å². The van der Waals surface area contributed by atoms with Crippen LogP contribution in [0, 0.1) is 15.9 Å². The fourth-order valence-electron chi connectivity index (χ4n) is 3.47. The van der Waals surface area contributed by atoms with Gasteiger partial charge in [0, 0.05) is 11.8 Å². The Balaban J connectivity index is 1.67. The van der Waals surface area contributed by atoms with Gasteiger partial charge in [0.1, 0.15) is 11.4 Å². The quantitative estimate of drug-likeness (QED) is 0.388. The summed E-state index contributed by atoms with van der Waals surface area (Å²) in [7, 11) is 1.55. The van der Waals surface area contributed by atoms with E-state index in [1.54, 1.807) is 19.2 Å². The van der Waals surface area contributed by atoms with E-state index in [-0.39, 0.29) is 12.2 Å². The van der Waals surface area contributed by atoms with Crippen LogP contribution in [0.2, 0.25) is 0 Å². The number of nitrogens with zero attached hydrogens (tertiary/aromatic N) is 1. The minimum absolute atomic E-state index is 0.0999. The Labute approximate surface area is 171 Å². The Morgan fingerprint density at radius 1 is 1.27 bits per heavy atom. The number of carbonyl (C=O) groups is 2. The lowest BCUT2D eigenvalue weighted by Crippen LogP contribution is -2.46. The van der Waals surface area contributed by atoms with E-state index in [2.05, 4.69) is 10.6 Å². The lowest BCUT2D eigenvalue weighted by molar-refractivity contribution is -0.387. The highest BCUT2D eigenvalue weighted by Crippen LogP contribution is 2.36. The predicted molar refractivity (Wildman–Crippen MR) is 105 cm³/mol. The molecule has 0 aliphatic heterocycles. The molecule has 1 unspecified atom stereocenters. The number of nitrogens with one attached hydrogen (secondary N) is 2. The topological polar surface area (TPSA) is 131 Å². The Morgan fingerprint density at radius 2 is 2.03 bits per heavy atom. The molecule has 2 aromatic rings. The van der Waals surface area contributed by atoms with Crippen LogP contribution in [0.25, 0.3) is 0 Å². The van der Waals surface area contributed by atoms with Gasteiger partial charge in [0.05, 0.1) is 18.6 Å². The molecule has 0 fully saturated rings. The lowest BCUT2D eigenvalue weighted by Gasteiger charge is -2.34. The standard InChI is InChI=1S/C20H20FN3O6/c1-30-14-5-6-15-12(9-14)3-2-8-20(15,27)11-22-18(25)19(26)23-13-4-7-16(21)17(10-13)24(28)29/h4-7,9-10,27H,2-3,8,11H2,1H3,(H,22,25)(H,23,26). The maximum absolute atomic E-state index is 13.4. The van der Waals surface area contributed by atoms with Gasteiger partial charge in [0.2, 0.25) is 5.82 Å². The number of fused-ring (bicyclic) bond motifs is 1. The monoisotopic (exact) mass is 417 g/mol. The summed E-state index contributed by atoms with van der Waals surface area (Å²) in [6, 6.07) is 8.02. The first-order valence-electron chi connectivity index (χ1n) is 9.16. The van der Waals surface area contributed by atoms with E-state index in [1.165, 1.54) is 0 Å². The molecule has 1 aliphatic carbocycles. The maximum Gasteiger partial charge on any atom is 0.313 e. The average molecular weight is 417 g/mol. The minimum atomic E-state index is -1.34. The number of aliphatic hydroxyl groups is 1. The molecule has 3 N–H and O–H groups in total. The highest BCUT2D eigenvalue weighted by Gasteiger charge is 2.35. The molecule has 0 spiro atoms. The molecule has 0 bridgehead atoms. The third-order valence-electron chi connectivity index (χ3n) is 5.00. The molecule has 3 rings (SSSR count). The first-order chi connectivity index (χ1) is 14.2. The van der Waals surface area contributed by atoms with Crippen LogP contribution in [0.1, 0.15) is 24.0 Å². The van der Waals surface area contributed by atoms with E-state index < -0.39 is 33.8 Å². The zero-order valence-corrected chi connectivity index (χ0v) is 16.1. The number of benzene rings is 2. The van der Waals surface area contributed by atoms with Gasteiger partial charge in [-0.05, 0) is 54.7 Å². The summed E-state index contributed by atoms with van der Waals surface area (Å²) in [4.78, 5) is 34.1. The summed E-state index contributed by atoms with van der Waals surface area (Å²) in [5, 5.41) is 26.4. The molecule has 0 saturated carbocycles. The van der Waals surface area contributed by atoms with Gasteiger partial charge in [-0.1, -0.05) is 6.07 Å². The first kappa shape index (κ1) is 21.2. The number of aryl methyl sites for hydroxylation is 1. The molecular weight excluding hydrogens is 397 g/mol. The third-order valence-corrected chi connectivity index (χ3v) is 5.00. The molecule has 10 heteroatoms. The zero-order chi connectivity index (χ0) is 21.9. The summed E-state index contributed by atoms with van der Waals surface area (Å²) < 4.78 is 18.6. The Morgan fingerprint density at radius 3 is 2.73 bits per heavy atom. The van der Waals surface area contributed by atoms with Crippen LogP contribution in [0.15, 0.2) is 36.4 Å². The van der Waals surface area contributed by atoms with Gasteiger partial charge < -0.3 is 20.5 Å². The normalized spacial score (nSPS) is 17.6. The number of methoxy groups -OCH3 is 1. The summed E-state index contributed by atoms with van der Waals surface area (Å²) in [5.74, 6) is -2.52. The molecule has 0 radical (unpaired) electrons. The molecule has 2 amide bonds. The van der Waals surface area contributed by atoms with E-state index in [9.17, 15) is 29.2 Å². The van der Waals surface area contributed by atoms with Crippen molar-refractivity contribution in [2.24, 2.45) is 0 Å². The molecule has 1 aliphatic rings. The number of halogens is 1. The fraction of sp³-hybridized carbons (Fsp3) is 0.300. The van der Waals surface area contributed by atoms with Crippen LogP contribution in [-0.2, 0) is 21.6 Å². The molecule has 0 aromatic heterocycles. The lowest BCUT2D eigenvalue weighted by atomic mass is 9.79. The number of nitro benzene ring substituents is 1. The molecule has 0 heterocycles. The van der Waals surface area contributed by atoms with Crippen molar-refractivity contribution in [3.63, 3.8) is 0 Å². The van der Waals surface area contributed by atoms with Crippen LogP contribution in [-0.4, -0.2) is 35.5 Å². The fourth-order valence-corrected chi connectivity index (χ4v) is 3.47. The Hall–Kier alpha value is -3.53. The second-order valence-corrected chi connectivity index (χ2v) is 6.97. The molecular formula is C20H20FN3O6. The Kier molecular flexibility index (Phi) is 5.97. The van der Waals surface area contributed by atoms with Gasteiger partial charge in [0.15, 0.2) is 0 Å². The zero-order valence-electron chi connectivity index (χ0n) is 16.1. The van der Waals surface area contributed by atoms with Crippen molar-refractivity contribution in [3.05, 3.63) is 63.5 Å². The highest BCUT2D eigenvalue weighted by atomic mass is 19.1. The summed E-state index contributed by atoms with van der Waals surface area (Å²) in [6.45, 7) is -0.192. The average Bonchev–Trinajstić information content (AvgIpc) is 2.73. The van der Waals surface area contributed by atoms with E-state index in [1.807, 2.05) is 6.07 Å². The second-order valence-electron chi connectivity index (χ2n) is 6.97. The van der Waals surface area contributed by atoms with Crippen LogP contribution < -0.4 is 15.4 Å². The van der Waals surface area contributed by atoms with E-state index in [4.69, 9.17) is 4.74 Å². The minimum Gasteiger partial charge on any atom is -0.497 e. The number of carbonyl (C=O) groups excluding carboxylic acids is 2. The summed E-state index contributed by atoms with van der Waals surface area (Å²) in [5.41, 5.74) is -0.705. The number of ether oxygens (including phenoxy) is 1. The van der Waals surface area contributed by atoms with Crippen molar-refractivity contribution in [3.8, 4) is 5.75 Å². The smallest absolute Gasteiger partial charge is 0.313 e. The van der Waals surface area contributed by atoms with Gasteiger partial charge in [-0.15, -0.1) is 0 Å². The molecule has 0 saturated heterocycles. The summed E-state index contributed by atoms with van der Waals surface area (Å²) in [6.07, 6.45) is 1.85. The SMILES string of the molecule is COc1ccc2c(c1)CCCC2(O)CNC(=O)C(=O)Nc1ccc(F)c([N+](=O)[O-])c1. The van der Waals surface area contributed by atoms with Gasteiger partial charge in [-0.25, -0.2) is 0 Å². The second kappa shape index (κ2) is 8.46. The maximum atomic E-state index is 13.4. The van der Waals surface area contributed by atoms with Crippen molar-refractivity contribution in [2.45, 2.75) is 24.9 Å². The number of nitro groups is 1. The van der Waals surface area contributed by atoms with Gasteiger partial charge in [-0.2, -0.15) is 4.39 Å². The van der Waals surface area contributed by atoms with Gasteiger partial charge in [0.25, 0.3) is 0 Å². The van der Waals surface area contributed by atoms with Gasteiger partial charge >= 0.3 is 17.5 Å². The first-order valence-corrected chi connectivity index (χ1v) is 9.16. The van der Waals surface area contributed by atoms with Crippen LogP contribution in [0.5, 0.6) is 5.75 Å². The van der Waals surface area contributed by atoms with E-state index in [0.717, 1.165) is 30.2 Å². The van der Waals surface area contributed by atoms with Crippen molar-refractivity contribution < 1.29 is 28.7 Å². The highest BCUT2D eigenvalue weighted by molar-refractivity contribution is 6.39. The number of hydrogen-bond donors (Lipinski definition) is 3. The molecule has 30 heavy (non-hydrogen) atoms. The van der Waals surface area contributed by atoms with Crippen molar-refractivity contribution in [1.29, 1.82) is 0 Å². The largest absolute Gasteiger partial charge is 0.497 e. The van der Waals surface area contributed by atoms with Gasteiger partial charge in [-0.3, -0.25) is 19.7 Å². The molecule has 2 aromatic carbocycles. The molecule has 1 atom stereocenters. The van der Waals surface area contributed by atoms with E-state index in [0.29, 0.717) is 24.2 Å². The van der Waals surface area contributed by atoms with Crippen molar-refractivity contribution >= 4 is 23.2 Å².